The van der Waals surface area contributed by atoms with E-state index in [1.807, 2.05) is 0 Å². The molecule has 0 amide bonds. The van der Waals surface area contributed by atoms with Gasteiger partial charge in [0.15, 0.2) is 0 Å². The van der Waals surface area contributed by atoms with Crippen molar-refractivity contribution in [1.82, 2.24) is 0 Å². The lowest BCUT2D eigenvalue weighted by atomic mass is 10.0. The lowest BCUT2D eigenvalue weighted by Crippen LogP contribution is -2.50. The number of anilines is 2. The van der Waals surface area contributed by atoms with Gasteiger partial charge in [0.2, 0.25) is 0 Å². The second-order valence-electron chi connectivity index (χ2n) is 5.20. The highest BCUT2D eigenvalue weighted by Gasteiger charge is 2.73. The van der Waals surface area contributed by atoms with Gasteiger partial charge in [0.05, 0.1) is 11.3 Å². The normalized spacial score (nSPS) is 12.7. The van der Waals surface area contributed by atoms with Gasteiger partial charge in [0.25, 0.3) is 0 Å². The van der Waals surface area contributed by atoms with Crippen LogP contribution in [-0.4, -0.2) is 23.2 Å². The zero-order valence-electron chi connectivity index (χ0n) is 12.6. The van der Waals surface area contributed by atoms with Crippen LogP contribution in [0.1, 0.15) is 15.9 Å². The topological polar surface area (TPSA) is 49.3 Å². The van der Waals surface area contributed by atoms with E-state index in [4.69, 9.17) is 5.11 Å². The summed E-state index contributed by atoms with van der Waals surface area (Å²) in [5, 5.41) is 11.5. The fourth-order valence-electron chi connectivity index (χ4n) is 2.09. The van der Waals surface area contributed by atoms with Crippen LogP contribution in [0.15, 0.2) is 48.5 Å². The number of carbonyl (C=O) groups is 1. The number of halogens is 7. The number of hydrogen-bond acceptors (Lipinski definition) is 2. The third kappa shape index (κ3) is 3.44. The average Bonchev–Trinajstić information content (AvgIpc) is 2.54. The summed E-state index contributed by atoms with van der Waals surface area (Å²) in [5.41, 5.74) is -2.15. The predicted octanol–water partition coefficient (Wildman–Crippen LogP) is 5.42. The van der Waals surface area contributed by atoms with Gasteiger partial charge in [-0.25, -0.2) is 4.79 Å². The number of benzene rings is 2. The van der Waals surface area contributed by atoms with E-state index in [1.165, 1.54) is 24.3 Å². The van der Waals surface area contributed by atoms with Crippen molar-refractivity contribution in [2.24, 2.45) is 0 Å². The molecular weight excluding hydrogens is 371 g/mol. The second kappa shape index (κ2) is 6.50. The van der Waals surface area contributed by atoms with Gasteiger partial charge in [-0.15, -0.1) is 0 Å². The van der Waals surface area contributed by atoms with Gasteiger partial charge in [-0.3, -0.25) is 0 Å². The van der Waals surface area contributed by atoms with E-state index in [9.17, 15) is 35.5 Å². The van der Waals surface area contributed by atoms with Crippen molar-refractivity contribution in [3.63, 3.8) is 0 Å². The van der Waals surface area contributed by atoms with Crippen LogP contribution in [0.3, 0.4) is 0 Å². The van der Waals surface area contributed by atoms with E-state index in [1.54, 1.807) is 0 Å². The maximum absolute atomic E-state index is 13.8. The van der Waals surface area contributed by atoms with Crippen LogP contribution in [0, 0.1) is 0 Å². The van der Waals surface area contributed by atoms with Crippen molar-refractivity contribution < 1.29 is 40.6 Å². The molecule has 2 aromatic carbocycles. The van der Waals surface area contributed by atoms with Crippen LogP contribution < -0.4 is 5.32 Å². The van der Waals surface area contributed by atoms with Crippen LogP contribution in [0.25, 0.3) is 0 Å². The fourth-order valence-corrected chi connectivity index (χ4v) is 2.09. The molecule has 0 bridgehead atoms. The summed E-state index contributed by atoms with van der Waals surface area (Å²) in [6.45, 7) is 0. The molecule has 0 radical (unpaired) electrons. The molecule has 0 saturated heterocycles. The first-order valence-electron chi connectivity index (χ1n) is 6.90. The molecular formula is C16H10F7NO2. The molecule has 10 heteroatoms. The van der Waals surface area contributed by atoms with Gasteiger partial charge in [0.1, 0.15) is 0 Å². The Morgan fingerprint density at radius 3 is 2.08 bits per heavy atom. The van der Waals surface area contributed by atoms with E-state index < -0.39 is 29.6 Å². The van der Waals surface area contributed by atoms with E-state index >= 15 is 0 Å². The molecule has 140 valence electrons. The standard InChI is InChI=1S/C16H10F7NO2/c17-14(18,15(19,20)16(21,22)23)9-4-3-5-10(8-9)24-12-7-2-1-6-11(12)13(25)26/h1-8,24H,(H,25,26). The third-order valence-electron chi connectivity index (χ3n) is 3.41. The number of rotatable bonds is 5. The molecule has 0 aliphatic rings. The summed E-state index contributed by atoms with van der Waals surface area (Å²) in [6.07, 6.45) is -6.45. The SMILES string of the molecule is O=C(O)c1ccccc1Nc1cccc(C(F)(F)C(F)(F)C(F)(F)F)c1. The van der Waals surface area contributed by atoms with Crippen LogP contribution >= 0.6 is 0 Å². The largest absolute Gasteiger partial charge is 0.478 e. The lowest BCUT2D eigenvalue weighted by molar-refractivity contribution is -0.359. The van der Waals surface area contributed by atoms with E-state index in [0.29, 0.717) is 12.1 Å². The van der Waals surface area contributed by atoms with Gasteiger partial charge in [-0.1, -0.05) is 24.3 Å². The summed E-state index contributed by atoms with van der Waals surface area (Å²) >= 11 is 0. The number of aromatic carboxylic acids is 1. The number of hydrogen-bond donors (Lipinski definition) is 2. The molecule has 2 N–H and O–H groups in total. The second-order valence-corrected chi connectivity index (χ2v) is 5.20. The summed E-state index contributed by atoms with van der Waals surface area (Å²) in [7, 11) is 0. The molecule has 0 atom stereocenters. The molecule has 0 aliphatic heterocycles. The minimum absolute atomic E-state index is 0.0527. The predicted molar refractivity (Wildman–Crippen MR) is 78.0 cm³/mol. The molecule has 3 nitrogen and oxygen atoms in total. The number of alkyl halides is 7. The Morgan fingerprint density at radius 2 is 1.50 bits per heavy atom. The molecule has 0 unspecified atom stereocenters. The maximum Gasteiger partial charge on any atom is 0.460 e. The number of para-hydroxylation sites is 1. The smallest absolute Gasteiger partial charge is 0.460 e. The highest BCUT2D eigenvalue weighted by Crippen LogP contribution is 2.52. The first kappa shape index (κ1) is 19.5. The van der Waals surface area contributed by atoms with E-state index in [-0.39, 0.29) is 16.9 Å². The fraction of sp³-hybridized carbons (Fsp3) is 0.188. The van der Waals surface area contributed by atoms with Crippen LogP contribution in [-0.2, 0) is 5.92 Å². The Hall–Kier alpha value is -2.78. The molecule has 0 spiro atoms. The number of carboxylic acids is 1. The van der Waals surface area contributed by atoms with E-state index in [0.717, 1.165) is 12.1 Å². The molecule has 0 fully saturated rings. The van der Waals surface area contributed by atoms with E-state index in [2.05, 4.69) is 5.32 Å². The Morgan fingerprint density at radius 1 is 0.885 bits per heavy atom. The summed E-state index contributed by atoms with van der Waals surface area (Å²) < 4.78 is 90.7. The molecule has 0 saturated carbocycles. The molecule has 0 aliphatic carbocycles. The lowest BCUT2D eigenvalue weighted by Gasteiger charge is -2.28. The quantitative estimate of drug-likeness (QED) is 0.681. The number of carboxylic acid groups (broad SMARTS) is 1. The summed E-state index contributed by atoms with van der Waals surface area (Å²) in [6, 6.07) is 8.07. The van der Waals surface area contributed by atoms with Gasteiger partial charge in [-0.2, -0.15) is 30.7 Å². The highest BCUT2D eigenvalue weighted by atomic mass is 19.4. The van der Waals surface area contributed by atoms with Crippen LogP contribution in [0.5, 0.6) is 0 Å². The van der Waals surface area contributed by atoms with Crippen molar-refractivity contribution in [3.05, 3.63) is 59.7 Å². The Labute approximate surface area is 142 Å². The van der Waals surface area contributed by atoms with Crippen molar-refractivity contribution in [2.45, 2.75) is 18.0 Å². The molecule has 0 heterocycles. The van der Waals surface area contributed by atoms with Gasteiger partial charge < -0.3 is 10.4 Å². The molecule has 2 rings (SSSR count). The Kier molecular flexibility index (Phi) is 4.89. The van der Waals surface area contributed by atoms with Crippen LogP contribution in [0.2, 0.25) is 0 Å². The third-order valence-corrected chi connectivity index (χ3v) is 3.41. The summed E-state index contributed by atoms with van der Waals surface area (Å²) in [4.78, 5) is 11.1. The van der Waals surface area contributed by atoms with Gasteiger partial charge in [0, 0.05) is 11.3 Å². The van der Waals surface area contributed by atoms with Gasteiger partial charge in [-0.05, 0) is 24.3 Å². The Balaban J connectivity index is 2.42. The van der Waals surface area contributed by atoms with Crippen molar-refractivity contribution in [1.29, 1.82) is 0 Å². The van der Waals surface area contributed by atoms with Crippen molar-refractivity contribution in [3.8, 4) is 0 Å². The molecule has 2 aromatic rings. The Bertz CT molecular complexity index is 818. The maximum atomic E-state index is 13.8. The molecule has 0 aromatic heterocycles. The first-order valence-corrected chi connectivity index (χ1v) is 6.90. The number of nitrogens with one attached hydrogen (secondary N) is 1. The average molecular weight is 381 g/mol. The van der Waals surface area contributed by atoms with Crippen molar-refractivity contribution in [2.75, 3.05) is 5.32 Å². The highest BCUT2D eigenvalue weighted by molar-refractivity contribution is 5.95. The van der Waals surface area contributed by atoms with Crippen LogP contribution in [0.4, 0.5) is 42.1 Å². The zero-order valence-corrected chi connectivity index (χ0v) is 12.6. The monoisotopic (exact) mass is 381 g/mol. The minimum Gasteiger partial charge on any atom is -0.478 e. The first-order chi connectivity index (χ1) is 11.9. The zero-order chi connectivity index (χ0) is 19.8. The molecule has 26 heavy (non-hydrogen) atoms. The minimum atomic E-state index is -6.45. The summed E-state index contributed by atoms with van der Waals surface area (Å²) in [5.74, 6) is -13.1. The van der Waals surface area contributed by atoms with Crippen molar-refractivity contribution >= 4 is 17.3 Å². The van der Waals surface area contributed by atoms with Gasteiger partial charge >= 0.3 is 24.0 Å².